The van der Waals surface area contributed by atoms with Crippen molar-refractivity contribution in [3.63, 3.8) is 0 Å². The Morgan fingerprint density at radius 3 is 2.50 bits per heavy atom. The highest BCUT2D eigenvalue weighted by Gasteiger charge is 2.52. The van der Waals surface area contributed by atoms with Crippen LogP contribution in [0.2, 0.25) is 0 Å². The summed E-state index contributed by atoms with van der Waals surface area (Å²) < 4.78 is 46.9. The maximum absolute atomic E-state index is 12.8. The zero-order chi connectivity index (χ0) is 23.9. The van der Waals surface area contributed by atoms with E-state index in [0.717, 1.165) is 6.42 Å². The highest BCUT2D eigenvalue weighted by Crippen LogP contribution is 2.38. The molecule has 34 heavy (non-hydrogen) atoms. The lowest BCUT2D eigenvalue weighted by Gasteiger charge is -2.45. The highest BCUT2D eigenvalue weighted by molar-refractivity contribution is 5.98. The second-order valence-electron chi connectivity index (χ2n) is 8.50. The van der Waals surface area contributed by atoms with Crippen LogP contribution in [0.4, 0.5) is 24.8 Å². The van der Waals surface area contributed by atoms with Crippen LogP contribution in [0.25, 0.3) is 0 Å². The Morgan fingerprint density at radius 2 is 1.88 bits per heavy atom. The first-order chi connectivity index (χ1) is 16.2. The summed E-state index contributed by atoms with van der Waals surface area (Å²) in [6.45, 7) is 0.805. The molecular formula is C21H21F3N6O4. The molecule has 2 amide bonds. The van der Waals surface area contributed by atoms with E-state index in [1.54, 1.807) is 12.4 Å². The minimum absolute atomic E-state index is 0.0766. The molecule has 0 aliphatic carbocycles. The molecule has 10 nitrogen and oxygen atoms in total. The normalized spacial score (nSPS) is 21.6. The number of carbonyl (C=O) groups excluding carboxylic acids is 2. The second-order valence-corrected chi connectivity index (χ2v) is 8.50. The number of aromatic nitrogens is 3. The molecule has 3 aliphatic heterocycles. The van der Waals surface area contributed by atoms with Crippen molar-refractivity contribution in [3.8, 4) is 11.6 Å². The van der Waals surface area contributed by atoms with Crippen molar-refractivity contribution in [3.05, 3.63) is 30.7 Å². The first-order valence-electron chi connectivity index (χ1n) is 10.7. The van der Waals surface area contributed by atoms with Gasteiger partial charge in [0.25, 0.3) is 5.91 Å². The van der Waals surface area contributed by atoms with Gasteiger partial charge in [-0.1, -0.05) is 0 Å². The molecule has 0 bridgehead atoms. The lowest BCUT2D eigenvalue weighted by atomic mass is 9.78. The number of nitrogens with zero attached hydrogens (tertiary/aromatic N) is 5. The number of anilines is 2. The monoisotopic (exact) mass is 478 g/mol. The molecule has 5 heterocycles. The van der Waals surface area contributed by atoms with E-state index in [1.807, 2.05) is 4.90 Å². The average molecular weight is 478 g/mol. The molecule has 0 radical (unpaired) electrons. The van der Waals surface area contributed by atoms with E-state index in [9.17, 15) is 22.8 Å². The molecule has 0 aromatic carbocycles. The Labute approximate surface area is 192 Å². The number of hydrogen-bond acceptors (Lipinski definition) is 8. The Kier molecular flexibility index (Phi) is 5.41. The van der Waals surface area contributed by atoms with E-state index in [0.29, 0.717) is 44.2 Å². The van der Waals surface area contributed by atoms with E-state index < -0.39 is 18.9 Å². The summed E-state index contributed by atoms with van der Waals surface area (Å²) in [4.78, 5) is 40.7. The number of carbonyl (C=O) groups is 2. The van der Waals surface area contributed by atoms with Crippen molar-refractivity contribution in [2.24, 2.45) is 5.41 Å². The number of ether oxygens (including phenoxy) is 2. The van der Waals surface area contributed by atoms with Gasteiger partial charge in [-0.3, -0.25) is 9.59 Å². The summed E-state index contributed by atoms with van der Waals surface area (Å²) in [6, 6.07) is 2.65. The Morgan fingerprint density at radius 1 is 1.12 bits per heavy atom. The van der Waals surface area contributed by atoms with Crippen molar-refractivity contribution >= 4 is 23.5 Å². The van der Waals surface area contributed by atoms with Gasteiger partial charge in [0.05, 0.1) is 29.7 Å². The zero-order valence-corrected chi connectivity index (χ0v) is 17.9. The zero-order valence-electron chi connectivity index (χ0n) is 17.9. The summed E-state index contributed by atoms with van der Waals surface area (Å²) in [7, 11) is 0. The van der Waals surface area contributed by atoms with Gasteiger partial charge in [-0.15, -0.1) is 0 Å². The number of amides is 2. The van der Waals surface area contributed by atoms with Crippen LogP contribution >= 0.6 is 0 Å². The maximum Gasteiger partial charge on any atom is 0.422 e. The molecule has 180 valence electrons. The Bertz CT molecular complexity index is 1070. The van der Waals surface area contributed by atoms with Crippen LogP contribution < -0.4 is 24.6 Å². The number of rotatable bonds is 6. The first-order valence-corrected chi connectivity index (χ1v) is 10.7. The quantitative estimate of drug-likeness (QED) is 0.662. The number of alkyl halides is 3. The predicted molar refractivity (Wildman–Crippen MR) is 111 cm³/mol. The number of pyridine rings is 1. The van der Waals surface area contributed by atoms with Gasteiger partial charge < -0.3 is 24.6 Å². The van der Waals surface area contributed by atoms with E-state index >= 15 is 0 Å². The average Bonchev–Trinajstić information content (AvgIpc) is 3.34. The molecule has 1 N–H and O–H groups in total. The third-order valence-electron chi connectivity index (χ3n) is 6.10. The summed E-state index contributed by atoms with van der Waals surface area (Å²) in [5, 5.41) is 2.86. The van der Waals surface area contributed by atoms with Crippen molar-refractivity contribution in [1.82, 2.24) is 20.3 Å². The SMILES string of the molecule is O=C1[C@H](Oc2ccc(OCC(F)(F)F)nc2)CCN1c1cnc(N2CC3(CCNC3=O)C2)nc1. The second kappa shape index (κ2) is 8.29. The molecule has 2 aromatic heterocycles. The van der Waals surface area contributed by atoms with Gasteiger partial charge in [-0.25, -0.2) is 15.0 Å². The largest absolute Gasteiger partial charge is 0.479 e. The topological polar surface area (TPSA) is 110 Å². The van der Waals surface area contributed by atoms with E-state index in [4.69, 9.17) is 4.74 Å². The van der Waals surface area contributed by atoms with Crippen LogP contribution in [0.3, 0.4) is 0 Å². The minimum atomic E-state index is -4.46. The number of halogens is 3. The summed E-state index contributed by atoms with van der Waals surface area (Å²) in [5.74, 6) is 0.358. The van der Waals surface area contributed by atoms with E-state index in [-0.39, 0.29) is 28.9 Å². The molecule has 3 aliphatic rings. The fraction of sp³-hybridized carbons (Fsp3) is 0.476. The van der Waals surface area contributed by atoms with Crippen LogP contribution in [-0.4, -0.2) is 71.8 Å². The molecule has 0 unspecified atom stereocenters. The summed E-state index contributed by atoms with van der Waals surface area (Å²) >= 11 is 0. The van der Waals surface area contributed by atoms with Crippen molar-refractivity contribution in [2.75, 3.05) is 42.6 Å². The molecule has 1 atom stereocenters. The fourth-order valence-electron chi connectivity index (χ4n) is 4.32. The van der Waals surface area contributed by atoms with E-state index in [2.05, 4.69) is 25.0 Å². The Hall–Kier alpha value is -3.64. The smallest absolute Gasteiger partial charge is 0.422 e. The minimum Gasteiger partial charge on any atom is -0.479 e. The van der Waals surface area contributed by atoms with Crippen molar-refractivity contribution in [2.45, 2.75) is 25.1 Å². The van der Waals surface area contributed by atoms with Gasteiger partial charge in [0.15, 0.2) is 12.7 Å². The van der Waals surface area contributed by atoms with Crippen LogP contribution in [0.5, 0.6) is 11.6 Å². The maximum atomic E-state index is 12.8. The molecule has 13 heteroatoms. The third kappa shape index (κ3) is 4.29. The molecule has 3 saturated heterocycles. The molecule has 3 fully saturated rings. The van der Waals surface area contributed by atoms with Crippen molar-refractivity contribution < 1.29 is 32.2 Å². The van der Waals surface area contributed by atoms with Crippen LogP contribution in [0.1, 0.15) is 12.8 Å². The molecule has 2 aromatic rings. The van der Waals surface area contributed by atoms with Gasteiger partial charge in [0.1, 0.15) is 5.75 Å². The van der Waals surface area contributed by atoms with Gasteiger partial charge in [-0.05, 0) is 12.5 Å². The predicted octanol–water partition coefficient (Wildman–Crippen LogP) is 1.32. The molecular weight excluding hydrogens is 457 g/mol. The van der Waals surface area contributed by atoms with Gasteiger partial charge in [0.2, 0.25) is 17.7 Å². The van der Waals surface area contributed by atoms with Gasteiger partial charge >= 0.3 is 6.18 Å². The number of hydrogen-bond donors (Lipinski definition) is 1. The summed E-state index contributed by atoms with van der Waals surface area (Å²) in [5.41, 5.74) is 0.192. The first kappa shape index (κ1) is 22.2. The molecule has 0 saturated carbocycles. The van der Waals surface area contributed by atoms with Gasteiger partial charge in [0, 0.05) is 38.7 Å². The van der Waals surface area contributed by atoms with E-state index in [1.165, 1.54) is 23.2 Å². The van der Waals surface area contributed by atoms with Crippen LogP contribution in [0, 0.1) is 5.41 Å². The van der Waals surface area contributed by atoms with Gasteiger partial charge in [-0.2, -0.15) is 13.2 Å². The van der Waals surface area contributed by atoms with Crippen molar-refractivity contribution in [1.29, 1.82) is 0 Å². The molecule has 5 rings (SSSR count). The third-order valence-corrected chi connectivity index (χ3v) is 6.10. The Balaban J connectivity index is 1.15. The molecule has 1 spiro atoms. The highest BCUT2D eigenvalue weighted by atomic mass is 19.4. The lowest BCUT2D eigenvalue weighted by molar-refractivity contribution is -0.154. The fourth-order valence-corrected chi connectivity index (χ4v) is 4.32. The number of nitrogens with one attached hydrogen (secondary N) is 1. The summed E-state index contributed by atoms with van der Waals surface area (Å²) in [6.07, 6.45) is 0.346. The lowest BCUT2D eigenvalue weighted by Crippen LogP contribution is -2.60. The van der Waals surface area contributed by atoms with Crippen LogP contribution in [0.15, 0.2) is 30.7 Å². The standard InChI is InChI=1S/C21H21F3N6O4/c22-21(23,24)12-33-16-2-1-14(9-26-16)34-15-3-6-30(17(15)31)13-7-27-19(28-8-13)29-10-20(11-29)4-5-25-18(20)32/h1-2,7-9,15H,3-6,10-12H2,(H,25,32)/t15-/m1/s1. The van der Waals surface area contributed by atoms with Crippen LogP contribution in [-0.2, 0) is 9.59 Å².